The second-order valence-corrected chi connectivity index (χ2v) is 5.61. The molecule has 2 unspecified atom stereocenters. The predicted molar refractivity (Wildman–Crippen MR) is 78.6 cm³/mol. The number of carboxylic acids is 1. The Balaban J connectivity index is 2.29. The molecule has 116 valence electrons. The Morgan fingerprint density at radius 1 is 1.30 bits per heavy atom. The van der Waals surface area contributed by atoms with Gasteiger partial charge in [-0.3, -0.25) is 9.59 Å². The smallest absolute Gasteiger partial charge is 0.306 e. The largest absolute Gasteiger partial charge is 0.481 e. The van der Waals surface area contributed by atoms with E-state index in [4.69, 9.17) is 5.11 Å². The highest BCUT2D eigenvalue weighted by molar-refractivity contribution is 5.76. The third-order valence-electron chi connectivity index (χ3n) is 4.32. The molecule has 1 amide bonds. The summed E-state index contributed by atoms with van der Waals surface area (Å²) in [6.45, 7) is 9.35. The Morgan fingerprint density at radius 2 is 1.95 bits per heavy atom. The minimum Gasteiger partial charge on any atom is -0.481 e. The molecule has 1 N–H and O–H groups in total. The van der Waals surface area contributed by atoms with Gasteiger partial charge in [-0.1, -0.05) is 0 Å². The monoisotopic (exact) mass is 284 g/mol. The van der Waals surface area contributed by atoms with Crippen molar-refractivity contribution in [3.63, 3.8) is 0 Å². The van der Waals surface area contributed by atoms with Gasteiger partial charge in [0.05, 0.1) is 5.92 Å². The normalized spacial score (nSPS) is 23.6. The third kappa shape index (κ3) is 4.78. The first-order valence-corrected chi connectivity index (χ1v) is 7.74. The van der Waals surface area contributed by atoms with Gasteiger partial charge in [-0.15, -0.1) is 0 Å². The highest BCUT2D eigenvalue weighted by Crippen LogP contribution is 2.23. The van der Waals surface area contributed by atoms with Crippen molar-refractivity contribution in [1.82, 2.24) is 9.80 Å². The van der Waals surface area contributed by atoms with Crippen molar-refractivity contribution in [1.29, 1.82) is 0 Å². The van der Waals surface area contributed by atoms with Gasteiger partial charge < -0.3 is 14.9 Å². The van der Waals surface area contributed by atoms with Gasteiger partial charge in [-0.05, 0) is 53.1 Å². The highest BCUT2D eigenvalue weighted by Gasteiger charge is 2.29. The standard InChI is InChI=1S/C15H28N2O3/c1-4-16(5-2)14(18)7-6-9-17-10-8-13(15(19)20)11-12(17)3/h12-13H,4-11H2,1-3H3,(H,19,20). The fraction of sp³-hybridized carbons (Fsp3) is 0.867. The van der Waals surface area contributed by atoms with Crippen molar-refractivity contribution in [3.8, 4) is 0 Å². The first-order valence-electron chi connectivity index (χ1n) is 7.74. The Kier molecular flexibility index (Phi) is 6.99. The molecule has 1 aliphatic heterocycles. The lowest BCUT2D eigenvalue weighted by atomic mass is 9.91. The van der Waals surface area contributed by atoms with E-state index in [-0.39, 0.29) is 11.8 Å². The number of piperidine rings is 1. The van der Waals surface area contributed by atoms with Crippen LogP contribution in [0.15, 0.2) is 0 Å². The fourth-order valence-corrected chi connectivity index (χ4v) is 2.95. The molecule has 0 spiro atoms. The minimum atomic E-state index is -0.673. The lowest BCUT2D eigenvalue weighted by Gasteiger charge is -2.36. The van der Waals surface area contributed by atoms with Crippen LogP contribution in [0.5, 0.6) is 0 Å². The molecule has 5 nitrogen and oxygen atoms in total. The minimum absolute atomic E-state index is 0.196. The van der Waals surface area contributed by atoms with Crippen molar-refractivity contribution < 1.29 is 14.7 Å². The topological polar surface area (TPSA) is 60.9 Å². The van der Waals surface area contributed by atoms with Crippen LogP contribution in [0.3, 0.4) is 0 Å². The van der Waals surface area contributed by atoms with Gasteiger partial charge in [0.1, 0.15) is 0 Å². The molecule has 0 aromatic heterocycles. The van der Waals surface area contributed by atoms with Gasteiger partial charge in [-0.25, -0.2) is 0 Å². The molecule has 1 aliphatic rings. The van der Waals surface area contributed by atoms with E-state index in [9.17, 15) is 9.59 Å². The van der Waals surface area contributed by atoms with Crippen LogP contribution in [0.25, 0.3) is 0 Å². The van der Waals surface area contributed by atoms with E-state index >= 15 is 0 Å². The number of hydrogen-bond acceptors (Lipinski definition) is 3. The van der Waals surface area contributed by atoms with E-state index in [1.807, 2.05) is 18.7 Å². The Labute approximate surface area is 121 Å². The highest BCUT2D eigenvalue weighted by atomic mass is 16.4. The zero-order valence-corrected chi connectivity index (χ0v) is 13.0. The molecule has 0 bridgehead atoms. The molecule has 0 radical (unpaired) electrons. The van der Waals surface area contributed by atoms with Crippen LogP contribution in [0.2, 0.25) is 0 Å². The van der Waals surface area contributed by atoms with Gasteiger partial charge in [0, 0.05) is 25.6 Å². The number of carbonyl (C=O) groups is 2. The molecule has 0 saturated carbocycles. The van der Waals surface area contributed by atoms with Crippen molar-refractivity contribution in [2.75, 3.05) is 26.2 Å². The number of amides is 1. The van der Waals surface area contributed by atoms with Crippen molar-refractivity contribution >= 4 is 11.9 Å². The average molecular weight is 284 g/mol. The molecular formula is C15H28N2O3. The SMILES string of the molecule is CCN(CC)C(=O)CCCN1CCC(C(=O)O)CC1C. The third-order valence-corrected chi connectivity index (χ3v) is 4.32. The zero-order valence-electron chi connectivity index (χ0n) is 13.0. The average Bonchev–Trinajstić information content (AvgIpc) is 2.41. The Morgan fingerprint density at radius 3 is 2.45 bits per heavy atom. The Bertz CT molecular complexity index is 329. The van der Waals surface area contributed by atoms with Gasteiger partial charge in [0.15, 0.2) is 0 Å². The summed E-state index contributed by atoms with van der Waals surface area (Å²) in [6.07, 6.45) is 2.90. The van der Waals surface area contributed by atoms with Crippen LogP contribution in [-0.4, -0.2) is 59.0 Å². The lowest BCUT2D eigenvalue weighted by Crippen LogP contribution is -2.43. The summed E-state index contributed by atoms with van der Waals surface area (Å²) in [5.41, 5.74) is 0. The number of carboxylic acid groups (broad SMARTS) is 1. The first kappa shape index (κ1) is 17.0. The van der Waals surface area contributed by atoms with Crippen molar-refractivity contribution in [2.45, 2.75) is 52.5 Å². The molecule has 1 heterocycles. The van der Waals surface area contributed by atoms with E-state index in [0.717, 1.165) is 45.4 Å². The molecule has 1 saturated heterocycles. The summed E-state index contributed by atoms with van der Waals surface area (Å²) in [5.74, 6) is -0.644. The number of nitrogens with zero attached hydrogens (tertiary/aromatic N) is 2. The number of likely N-dealkylation sites (tertiary alicyclic amines) is 1. The molecule has 0 aromatic rings. The molecule has 20 heavy (non-hydrogen) atoms. The van der Waals surface area contributed by atoms with Crippen LogP contribution in [0, 0.1) is 5.92 Å². The summed E-state index contributed by atoms with van der Waals surface area (Å²) < 4.78 is 0. The molecular weight excluding hydrogens is 256 g/mol. The number of rotatable bonds is 7. The molecule has 5 heteroatoms. The maximum Gasteiger partial charge on any atom is 0.306 e. The lowest BCUT2D eigenvalue weighted by molar-refractivity contribution is -0.144. The van der Waals surface area contributed by atoms with Gasteiger partial charge >= 0.3 is 5.97 Å². The maximum absolute atomic E-state index is 11.9. The van der Waals surface area contributed by atoms with Crippen molar-refractivity contribution in [2.24, 2.45) is 5.92 Å². The summed E-state index contributed by atoms with van der Waals surface area (Å²) in [7, 11) is 0. The van der Waals surface area contributed by atoms with Crippen LogP contribution in [0.4, 0.5) is 0 Å². The summed E-state index contributed by atoms with van der Waals surface area (Å²) >= 11 is 0. The van der Waals surface area contributed by atoms with Gasteiger partial charge in [0.2, 0.25) is 5.91 Å². The van der Waals surface area contributed by atoms with E-state index in [1.54, 1.807) is 0 Å². The Hall–Kier alpha value is -1.10. The second-order valence-electron chi connectivity index (χ2n) is 5.61. The number of aliphatic carboxylic acids is 1. The summed E-state index contributed by atoms with van der Waals surface area (Å²) in [5, 5.41) is 9.04. The van der Waals surface area contributed by atoms with Crippen molar-refractivity contribution in [3.05, 3.63) is 0 Å². The van der Waals surface area contributed by atoms with E-state index < -0.39 is 5.97 Å². The van der Waals surface area contributed by atoms with Gasteiger partial charge in [-0.2, -0.15) is 0 Å². The summed E-state index contributed by atoms with van der Waals surface area (Å²) in [6, 6.07) is 0.299. The fourth-order valence-electron chi connectivity index (χ4n) is 2.95. The van der Waals surface area contributed by atoms with E-state index in [0.29, 0.717) is 12.5 Å². The number of hydrogen-bond donors (Lipinski definition) is 1. The maximum atomic E-state index is 11.9. The molecule has 0 aromatic carbocycles. The van der Waals surface area contributed by atoms with Crippen LogP contribution >= 0.6 is 0 Å². The molecule has 2 atom stereocenters. The second kappa shape index (κ2) is 8.25. The molecule has 0 aliphatic carbocycles. The quantitative estimate of drug-likeness (QED) is 0.774. The van der Waals surface area contributed by atoms with Crippen LogP contribution < -0.4 is 0 Å². The van der Waals surface area contributed by atoms with E-state index in [1.165, 1.54) is 0 Å². The van der Waals surface area contributed by atoms with Crippen LogP contribution in [0.1, 0.15) is 46.5 Å². The first-order chi connectivity index (χ1) is 9.49. The zero-order chi connectivity index (χ0) is 15.1. The summed E-state index contributed by atoms with van der Waals surface area (Å²) in [4.78, 5) is 27.1. The van der Waals surface area contributed by atoms with Crippen LogP contribution in [-0.2, 0) is 9.59 Å². The predicted octanol–water partition coefficient (Wildman–Crippen LogP) is 1.82. The molecule has 1 rings (SSSR count). The van der Waals surface area contributed by atoms with E-state index in [2.05, 4.69) is 11.8 Å². The number of carbonyl (C=O) groups excluding carboxylic acids is 1. The van der Waals surface area contributed by atoms with Gasteiger partial charge in [0.25, 0.3) is 0 Å². The molecule has 1 fully saturated rings.